The van der Waals surface area contributed by atoms with Gasteiger partial charge in [-0.3, -0.25) is 14.3 Å². The molecular weight excluding hydrogens is 472 g/mol. The van der Waals surface area contributed by atoms with E-state index in [1.807, 2.05) is 0 Å². The highest BCUT2D eigenvalue weighted by Gasteiger charge is 2.22. The Balaban J connectivity index is 1.59. The number of carbonyl (C=O) groups is 2. The summed E-state index contributed by atoms with van der Waals surface area (Å²) >= 11 is 6.42. The first kappa shape index (κ1) is 24.6. The average molecular weight is 499 g/mol. The molecular formula is C25H27ClN4O5. The Morgan fingerprint density at radius 1 is 1.09 bits per heavy atom. The summed E-state index contributed by atoms with van der Waals surface area (Å²) in [6, 6.07) is 11.2. The Bertz CT molecular complexity index is 1240. The third kappa shape index (κ3) is 5.93. The van der Waals surface area contributed by atoms with Gasteiger partial charge < -0.3 is 24.8 Å². The Labute approximate surface area is 208 Å². The molecule has 2 N–H and O–H groups in total. The minimum Gasteiger partial charge on any atom is -0.488 e. The molecule has 2 aromatic carbocycles. The minimum absolute atomic E-state index is 0.0688. The summed E-state index contributed by atoms with van der Waals surface area (Å²) in [4.78, 5) is 27.1. The molecule has 0 radical (unpaired) electrons. The zero-order chi connectivity index (χ0) is 25.1. The van der Waals surface area contributed by atoms with Crippen molar-refractivity contribution in [3.8, 4) is 17.2 Å². The second-order valence-electron chi connectivity index (χ2n) is 8.48. The summed E-state index contributed by atoms with van der Waals surface area (Å²) in [5.41, 5.74) is 0.752. The van der Waals surface area contributed by atoms with E-state index in [4.69, 9.17) is 21.1 Å². The number of likely N-dealkylation sites (tertiary alicyclic amines) is 1. The summed E-state index contributed by atoms with van der Waals surface area (Å²) in [5.74, 6) is 0.877. The van der Waals surface area contributed by atoms with Crippen molar-refractivity contribution in [2.45, 2.75) is 32.5 Å². The van der Waals surface area contributed by atoms with Gasteiger partial charge in [0.1, 0.15) is 23.4 Å². The SMILES string of the molecule is C[C@H](O)[C@H](C)Oc1cc(Oc2ccc(C(=O)N3CCC3)cc2Cl)cc(C(=O)Nc2ccn(C)n2)c1. The molecule has 1 aromatic heterocycles. The molecule has 0 saturated carbocycles. The number of ether oxygens (including phenoxy) is 2. The number of halogens is 1. The lowest BCUT2D eigenvalue weighted by Gasteiger charge is -2.31. The Morgan fingerprint density at radius 2 is 1.83 bits per heavy atom. The third-order valence-corrected chi connectivity index (χ3v) is 5.94. The van der Waals surface area contributed by atoms with Crippen LogP contribution in [0.3, 0.4) is 0 Å². The van der Waals surface area contributed by atoms with E-state index >= 15 is 0 Å². The zero-order valence-corrected chi connectivity index (χ0v) is 20.5. The van der Waals surface area contributed by atoms with Crippen molar-refractivity contribution in [2.75, 3.05) is 18.4 Å². The molecule has 1 aliphatic heterocycles. The molecule has 2 heterocycles. The molecule has 1 fully saturated rings. The van der Waals surface area contributed by atoms with Gasteiger partial charge >= 0.3 is 0 Å². The predicted octanol–water partition coefficient (Wildman–Crippen LogP) is 4.11. The van der Waals surface area contributed by atoms with Crippen molar-refractivity contribution in [2.24, 2.45) is 7.05 Å². The number of nitrogens with one attached hydrogen (secondary N) is 1. The standard InChI is InChI=1S/C25H27ClN4O5/c1-15(31)16(2)34-19-11-18(24(32)27-23-7-10-29(3)28-23)12-20(14-19)35-22-6-5-17(13-21(22)26)25(33)30-8-4-9-30/h5-7,10-16,31H,4,8-9H2,1-3H3,(H,27,28,32)/t15-,16-/m0/s1. The largest absolute Gasteiger partial charge is 0.488 e. The topological polar surface area (TPSA) is 106 Å². The van der Waals surface area contributed by atoms with Crippen LogP contribution in [0.4, 0.5) is 5.82 Å². The monoisotopic (exact) mass is 498 g/mol. The van der Waals surface area contributed by atoms with Crippen LogP contribution in [0.5, 0.6) is 17.2 Å². The van der Waals surface area contributed by atoms with Crippen LogP contribution in [0.1, 0.15) is 41.0 Å². The molecule has 0 aliphatic carbocycles. The summed E-state index contributed by atoms with van der Waals surface area (Å²) in [5, 5.41) is 17.0. The first-order valence-electron chi connectivity index (χ1n) is 11.3. The molecule has 2 atom stereocenters. The van der Waals surface area contributed by atoms with Gasteiger partial charge in [-0.25, -0.2) is 0 Å². The van der Waals surface area contributed by atoms with Gasteiger partial charge in [-0.2, -0.15) is 5.10 Å². The van der Waals surface area contributed by atoms with E-state index < -0.39 is 18.1 Å². The molecule has 9 nitrogen and oxygen atoms in total. The molecule has 10 heteroatoms. The third-order valence-electron chi connectivity index (χ3n) is 5.65. The van der Waals surface area contributed by atoms with Crippen LogP contribution >= 0.6 is 11.6 Å². The number of amides is 2. The Morgan fingerprint density at radius 3 is 2.43 bits per heavy atom. The molecule has 184 valence electrons. The number of aryl methyl sites for hydroxylation is 1. The minimum atomic E-state index is -0.726. The van der Waals surface area contributed by atoms with E-state index in [1.165, 1.54) is 0 Å². The highest BCUT2D eigenvalue weighted by atomic mass is 35.5. The van der Waals surface area contributed by atoms with Crippen molar-refractivity contribution < 1.29 is 24.2 Å². The fraction of sp³-hybridized carbons (Fsp3) is 0.320. The van der Waals surface area contributed by atoms with Crippen LogP contribution in [0, 0.1) is 0 Å². The van der Waals surface area contributed by atoms with Crippen molar-refractivity contribution in [3.05, 3.63) is 64.8 Å². The molecule has 35 heavy (non-hydrogen) atoms. The van der Waals surface area contributed by atoms with Crippen LogP contribution in [0.25, 0.3) is 0 Å². The lowest BCUT2D eigenvalue weighted by atomic mass is 10.1. The van der Waals surface area contributed by atoms with E-state index in [2.05, 4.69) is 10.4 Å². The molecule has 0 unspecified atom stereocenters. The number of hydrogen-bond donors (Lipinski definition) is 2. The molecule has 0 bridgehead atoms. The quantitative estimate of drug-likeness (QED) is 0.484. The van der Waals surface area contributed by atoms with Crippen molar-refractivity contribution >= 4 is 29.2 Å². The molecule has 3 aromatic rings. The van der Waals surface area contributed by atoms with E-state index in [-0.39, 0.29) is 16.5 Å². The zero-order valence-electron chi connectivity index (χ0n) is 19.7. The molecule has 1 aliphatic rings. The first-order valence-corrected chi connectivity index (χ1v) is 11.6. The molecule has 1 saturated heterocycles. The second kappa shape index (κ2) is 10.4. The average Bonchev–Trinajstić information content (AvgIpc) is 3.18. The van der Waals surface area contributed by atoms with Gasteiger partial charge in [-0.15, -0.1) is 0 Å². The number of anilines is 1. The number of rotatable bonds is 8. The lowest BCUT2D eigenvalue weighted by molar-refractivity contribution is 0.0602. The van der Waals surface area contributed by atoms with Crippen molar-refractivity contribution in [1.82, 2.24) is 14.7 Å². The van der Waals surface area contributed by atoms with Crippen molar-refractivity contribution in [1.29, 1.82) is 0 Å². The maximum absolute atomic E-state index is 12.9. The molecule has 0 spiro atoms. The normalized spacial score (nSPS) is 14.6. The Hall–Kier alpha value is -3.56. The molecule has 2 amide bonds. The first-order chi connectivity index (χ1) is 16.7. The second-order valence-corrected chi connectivity index (χ2v) is 8.89. The Kier molecular flexibility index (Phi) is 7.28. The van der Waals surface area contributed by atoms with Gasteiger partial charge in [0, 0.05) is 49.6 Å². The summed E-state index contributed by atoms with van der Waals surface area (Å²) in [7, 11) is 1.75. The number of benzene rings is 2. The van der Waals surface area contributed by atoms with E-state index in [1.54, 1.807) is 79.1 Å². The maximum atomic E-state index is 12.9. The number of nitrogens with zero attached hydrogens (tertiary/aromatic N) is 3. The fourth-order valence-corrected chi connectivity index (χ4v) is 3.58. The highest BCUT2D eigenvalue weighted by molar-refractivity contribution is 6.32. The summed E-state index contributed by atoms with van der Waals surface area (Å²) < 4.78 is 13.4. The number of aliphatic hydroxyl groups is 1. The van der Waals surface area contributed by atoms with Crippen LogP contribution in [0.2, 0.25) is 5.02 Å². The van der Waals surface area contributed by atoms with Gasteiger partial charge in [-0.05, 0) is 50.6 Å². The van der Waals surface area contributed by atoms with Gasteiger partial charge in [0.2, 0.25) is 0 Å². The highest BCUT2D eigenvalue weighted by Crippen LogP contribution is 2.34. The van der Waals surface area contributed by atoms with Gasteiger partial charge in [0.25, 0.3) is 11.8 Å². The number of aromatic nitrogens is 2. The smallest absolute Gasteiger partial charge is 0.257 e. The maximum Gasteiger partial charge on any atom is 0.257 e. The van der Waals surface area contributed by atoms with Crippen LogP contribution in [0.15, 0.2) is 48.7 Å². The van der Waals surface area contributed by atoms with Gasteiger partial charge in [0.15, 0.2) is 5.82 Å². The predicted molar refractivity (Wildman–Crippen MR) is 131 cm³/mol. The van der Waals surface area contributed by atoms with Gasteiger partial charge in [-0.1, -0.05) is 11.6 Å². The van der Waals surface area contributed by atoms with Crippen LogP contribution in [-0.2, 0) is 7.05 Å². The fourth-order valence-electron chi connectivity index (χ4n) is 3.36. The molecule has 4 rings (SSSR count). The number of hydrogen-bond acceptors (Lipinski definition) is 6. The van der Waals surface area contributed by atoms with E-state index in [0.717, 1.165) is 19.5 Å². The van der Waals surface area contributed by atoms with Crippen molar-refractivity contribution in [3.63, 3.8) is 0 Å². The summed E-state index contributed by atoms with van der Waals surface area (Å²) in [6.45, 7) is 4.82. The van der Waals surface area contributed by atoms with Crippen LogP contribution in [-0.4, -0.2) is 56.9 Å². The summed E-state index contributed by atoms with van der Waals surface area (Å²) in [6.07, 6.45) is 1.47. The lowest BCUT2D eigenvalue weighted by Crippen LogP contribution is -2.41. The number of carbonyl (C=O) groups excluding carboxylic acids is 2. The number of aliphatic hydroxyl groups excluding tert-OH is 1. The van der Waals surface area contributed by atoms with Gasteiger partial charge in [0.05, 0.1) is 11.1 Å². The van der Waals surface area contributed by atoms with E-state index in [0.29, 0.717) is 28.6 Å². The van der Waals surface area contributed by atoms with Crippen LogP contribution < -0.4 is 14.8 Å². The van der Waals surface area contributed by atoms with E-state index in [9.17, 15) is 14.7 Å².